The second-order valence-corrected chi connectivity index (χ2v) is 6.32. The van der Waals surface area contributed by atoms with Crippen LogP contribution in [0.25, 0.3) is 16.7 Å². The lowest BCUT2D eigenvalue weighted by molar-refractivity contribution is 0.913. The Kier molecular flexibility index (Phi) is 3.73. The highest BCUT2D eigenvalue weighted by Gasteiger charge is 2.09. The number of aryl methyl sites for hydroxylation is 2. The predicted molar refractivity (Wildman–Crippen MR) is 103 cm³/mol. The number of hydrogen-bond acceptors (Lipinski definition) is 2. The van der Waals surface area contributed by atoms with Crippen molar-refractivity contribution in [3.63, 3.8) is 0 Å². The van der Waals surface area contributed by atoms with Crippen LogP contribution in [0.2, 0.25) is 0 Å². The van der Waals surface area contributed by atoms with Crippen molar-refractivity contribution in [1.29, 1.82) is 0 Å². The summed E-state index contributed by atoms with van der Waals surface area (Å²) in [7, 11) is 0. The standard InChI is InChI=1S/C21H20N4/c1-15-8-10-19(11-9-15)25-16(2)12-18(17(25)3)13-23-24-14-22-20-6-4-5-7-21(20)24/h4-14H,1-3H3/b23-13-. The fourth-order valence-corrected chi connectivity index (χ4v) is 3.17. The first-order chi connectivity index (χ1) is 12.1. The molecular weight excluding hydrogens is 308 g/mol. The van der Waals surface area contributed by atoms with Gasteiger partial charge in [-0.25, -0.2) is 9.66 Å². The van der Waals surface area contributed by atoms with E-state index in [0.29, 0.717) is 0 Å². The average molecular weight is 328 g/mol. The Balaban J connectivity index is 1.72. The minimum atomic E-state index is 0.949. The molecule has 0 amide bonds. The van der Waals surface area contributed by atoms with Gasteiger partial charge in [0.15, 0.2) is 0 Å². The van der Waals surface area contributed by atoms with Crippen LogP contribution in [0.1, 0.15) is 22.5 Å². The summed E-state index contributed by atoms with van der Waals surface area (Å²) < 4.78 is 4.07. The fourth-order valence-electron chi connectivity index (χ4n) is 3.17. The lowest BCUT2D eigenvalue weighted by atomic mass is 10.2. The van der Waals surface area contributed by atoms with Crippen LogP contribution in [0.5, 0.6) is 0 Å². The molecule has 0 saturated carbocycles. The van der Waals surface area contributed by atoms with Crippen molar-refractivity contribution in [3.05, 3.63) is 83.4 Å². The first kappa shape index (κ1) is 15.4. The van der Waals surface area contributed by atoms with Crippen LogP contribution in [0.3, 0.4) is 0 Å². The third-order valence-electron chi connectivity index (χ3n) is 4.52. The normalized spacial score (nSPS) is 11.6. The third kappa shape index (κ3) is 2.76. The Hall–Kier alpha value is -3.14. The van der Waals surface area contributed by atoms with Gasteiger partial charge in [0.1, 0.15) is 6.33 Å². The molecule has 4 aromatic rings. The van der Waals surface area contributed by atoms with E-state index in [9.17, 15) is 0 Å². The molecule has 0 radical (unpaired) electrons. The van der Waals surface area contributed by atoms with Gasteiger partial charge in [0.25, 0.3) is 0 Å². The Morgan fingerprint density at radius 3 is 2.52 bits per heavy atom. The fraction of sp³-hybridized carbons (Fsp3) is 0.143. The molecular formula is C21H20N4. The molecule has 0 N–H and O–H groups in total. The molecule has 0 spiro atoms. The van der Waals surface area contributed by atoms with E-state index in [1.165, 1.54) is 22.6 Å². The number of rotatable bonds is 3. The molecule has 0 bridgehead atoms. The van der Waals surface area contributed by atoms with Crippen LogP contribution in [0.15, 0.2) is 66.0 Å². The molecule has 2 aromatic heterocycles. The van der Waals surface area contributed by atoms with E-state index < -0.39 is 0 Å². The first-order valence-corrected chi connectivity index (χ1v) is 8.36. The summed E-state index contributed by atoms with van der Waals surface area (Å²) in [6.07, 6.45) is 3.65. The molecule has 0 aliphatic heterocycles. The lowest BCUT2D eigenvalue weighted by Gasteiger charge is -2.09. The number of benzene rings is 2. The van der Waals surface area contributed by atoms with Gasteiger partial charge in [-0.15, -0.1) is 0 Å². The highest BCUT2D eigenvalue weighted by Crippen LogP contribution is 2.20. The largest absolute Gasteiger partial charge is 0.318 e. The van der Waals surface area contributed by atoms with E-state index in [-0.39, 0.29) is 0 Å². The SMILES string of the molecule is Cc1ccc(-n2c(C)cc(/C=N\n3cnc4ccccc43)c2C)cc1. The van der Waals surface area contributed by atoms with Gasteiger partial charge in [-0.05, 0) is 51.1 Å². The van der Waals surface area contributed by atoms with Crippen molar-refractivity contribution in [2.45, 2.75) is 20.8 Å². The maximum absolute atomic E-state index is 4.60. The van der Waals surface area contributed by atoms with Gasteiger partial charge in [-0.2, -0.15) is 5.10 Å². The van der Waals surface area contributed by atoms with Gasteiger partial charge in [0.05, 0.1) is 17.2 Å². The average Bonchev–Trinajstić information content (AvgIpc) is 3.15. The molecule has 124 valence electrons. The van der Waals surface area contributed by atoms with Gasteiger partial charge >= 0.3 is 0 Å². The van der Waals surface area contributed by atoms with Gasteiger partial charge in [-0.3, -0.25) is 0 Å². The maximum Gasteiger partial charge on any atom is 0.118 e. The molecule has 4 rings (SSSR count). The summed E-state index contributed by atoms with van der Waals surface area (Å²) in [6, 6.07) is 18.7. The van der Waals surface area contributed by atoms with E-state index in [1.54, 1.807) is 6.33 Å². The zero-order chi connectivity index (χ0) is 17.4. The van der Waals surface area contributed by atoms with E-state index in [2.05, 4.69) is 65.8 Å². The van der Waals surface area contributed by atoms with Crippen LogP contribution in [0, 0.1) is 20.8 Å². The summed E-state index contributed by atoms with van der Waals surface area (Å²) in [6.45, 7) is 6.35. The highest BCUT2D eigenvalue weighted by molar-refractivity contribution is 5.83. The highest BCUT2D eigenvalue weighted by atomic mass is 15.4. The zero-order valence-corrected chi connectivity index (χ0v) is 14.6. The molecule has 0 atom stereocenters. The summed E-state index contributed by atoms with van der Waals surface area (Å²) in [4.78, 5) is 4.38. The van der Waals surface area contributed by atoms with Gasteiger partial charge in [0.2, 0.25) is 0 Å². The van der Waals surface area contributed by atoms with Gasteiger partial charge in [-0.1, -0.05) is 29.8 Å². The van der Waals surface area contributed by atoms with Crippen LogP contribution in [-0.2, 0) is 0 Å². The van der Waals surface area contributed by atoms with Crippen molar-refractivity contribution in [2.75, 3.05) is 0 Å². The molecule has 0 aliphatic carbocycles. The van der Waals surface area contributed by atoms with Gasteiger partial charge in [0, 0.05) is 22.6 Å². The minimum Gasteiger partial charge on any atom is -0.318 e. The first-order valence-electron chi connectivity index (χ1n) is 8.36. The Morgan fingerprint density at radius 1 is 0.960 bits per heavy atom. The van der Waals surface area contributed by atoms with E-state index >= 15 is 0 Å². The molecule has 0 aliphatic rings. The smallest absolute Gasteiger partial charge is 0.118 e. The number of aromatic nitrogens is 3. The third-order valence-corrected chi connectivity index (χ3v) is 4.52. The second-order valence-electron chi connectivity index (χ2n) is 6.32. The summed E-state index contributed by atoms with van der Waals surface area (Å²) in [5, 5.41) is 4.60. The predicted octanol–water partition coefficient (Wildman–Crippen LogP) is 4.63. The van der Waals surface area contributed by atoms with E-state index in [4.69, 9.17) is 0 Å². The quantitative estimate of drug-likeness (QED) is 0.505. The number of imidazole rings is 1. The number of fused-ring (bicyclic) bond motifs is 1. The van der Waals surface area contributed by atoms with E-state index in [0.717, 1.165) is 16.6 Å². The molecule has 4 nitrogen and oxygen atoms in total. The van der Waals surface area contributed by atoms with Crippen LogP contribution in [-0.4, -0.2) is 20.4 Å². The second kappa shape index (κ2) is 6.06. The van der Waals surface area contributed by atoms with Crippen molar-refractivity contribution in [3.8, 4) is 5.69 Å². The number of para-hydroxylation sites is 2. The van der Waals surface area contributed by atoms with Crippen molar-refractivity contribution < 1.29 is 0 Å². The van der Waals surface area contributed by atoms with Crippen molar-refractivity contribution in [1.82, 2.24) is 14.2 Å². The molecule has 2 aromatic carbocycles. The van der Waals surface area contributed by atoms with Crippen LogP contribution >= 0.6 is 0 Å². The number of hydrogen-bond donors (Lipinski definition) is 0. The summed E-state index contributed by atoms with van der Waals surface area (Å²) in [5.41, 5.74) is 7.87. The Bertz CT molecular complexity index is 1070. The monoisotopic (exact) mass is 328 g/mol. The minimum absolute atomic E-state index is 0.949. The summed E-state index contributed by atoms with van der Waals surface area (Å²) in [5.74, 6) is 0. The summed E-state index contributed by atoms with van der Waals surface area (Å²) >= 11 is 0. The molecule has 0 saturated heterocycles. The Morgan fingerprint density at radius 2 is 1.72 bits per heavy atom. The van der Waals surface area contributed by atoms with Crippen molar-refractivity contribution in [2.24, 2.45) is 5.10 Å². The topological polar surface area (TPSA) is 35.1 Å². The molecule has 4 heteroatoms. The molecule has 0 fully saturated rings. The molecule has 25 heavy (non-hydrogen) atoms. The number of nitrogens with zero attached hydrogens (tertiary/aromatic N) is 4. The molecule has 0 unspecified atom stereocenters. The van der Waals surface area contributed by atoms with Gasteiger partial charge < -0.3 is 4.57 Å². The Labute approximate surface area is 147 Å². The lowest BCUT2D eigenvalue weighted by Crippen LogP contribution is -1.99. The van der Waals surface area contributed by atoms with E-state index in [1.807, 2.05) is 35.2 Å². The van der Waals surface area contributed by atoms with Crippen molar-refractivity contribution >= 4 is 17.2 Å². The zero-order valence-electron chi connectivity index (χ0n) is 14.6. The van der Waals surface area contributed by atoms with Crippen LogP contribution < -0.4 is 0 Å². The van der Waals surface area contributed by atoms with Crippen LogP contribution in [0.4, 0.5) is 0 Å². The molecule has 2 heterocycles. The maximum atomic E-state index is 4.60.